The lowest BCUT2D eigenvalue weighted by Gasteiger charge is -2.08. The average Bonchev–Trinajstić information content (AvgIpc) is 2.02. The smallest absolute Gasteiger partial charge is 0.308 e. The molecule has 0 amide bonds. The number of carbonyl (C=O) groups is 3. The van der Waals surface area contributed by atoms with Crippen LogP contribution in [0.1, 0.15) is 13.8 Å². The lowest BCUT2D eigenvalue weighted by molar-refractivity contribution is -0.140. The molecule has 88 valence electrons. The molecular weight excluding hydrogens is 260 g/mol. The molecule has 0 aromatic heterocycles. The Kier molecular flexibility index (Phi) is 10.4. The summed E-state index contributed by atoms with van der Waals surface area (Å²) in [6, 6.07) is 0. The summed E-state index contributed by atoms with van der Waals surface area (Å²) in [5.74, 6) is -1.15. The zero-order valence-electron chi connectivity index (χ0n) is 8.39. The molecule has 0 aliphatic rings. The van der Waals surface area contributed by atoms with Gasteiger partial charge in [-0.05, 0) is 0 Å². The monoisotopic (exact) mass is 272 g/mol. The van der Waals surface area contributed by atoms with Gasteiger partial charge in [0.1, 0.15) is 0 Å². The topological polar surface area (TPSA) is 71.4 Å². The second-order valence-electron chi connectivity index (χ2n) is 2.64. The van der Waals surface area contributed by atoms with E-state index in [9.17, 15) is 14.4 Å². The van der Waals surface area contributed by atoms with Crippen LogP contribution in [0.5, 0.6) is 0 Å². The van der Waals surface area contributed by atoms with Crippen molar-refractivity contribution in [1.82, 2.24) is 0 Å². The molecule has 0 heterocycles. The van der Waals surface area contributed by atoms with Crippen molar-refractivity contribution in [3.8, 4) is 0 Å². The summed E-state index contributed by atoms with van der Waals surface area (Å²) in [6.07, 6.45) is 0. The Bertz CT molecular complexity index is 227. The van der Waals surface area contributed by atoms with E-state index in [1.54, 1.807) is 0 Å². The minimum atomic E-state index is -0.965. The number of thioether (sulfide) groups is 2. The van der Waals surface area contributed by atoms with E-state index >= 15 is 0 Å². The fourth-order valence-electron chi connectivity index (χ4n) is 0.627. The van der Waals surface area contributed by atoms with Crippen molar-refractivity contribution in [3.05, 3.63) is 0 Å². The average molecular weight is 273 g/mol. The van der Waals surface area contributed by atoms with Gasteiger partial charge < -0.3 is 5.11 Å². The first-order chi connectivity index (χ1) is 6.43. The van der Waals surface area contributed by atoms with E-state index in [1.165, 1.54) is 13.8 Å². The van der Waals surface area contributed by atoms with Crippen LogP contribution in [0.15, 0.2) is 0 Å². The van der Waals surface area contributed by atoms with Crippen LogP contribution in [0.3, 0.4) is 0 Å². The summed E-state index contributed by atoms with van der Waals surface area (Å²) >= 11 is 1.95. The van der Waals surface area contributed by atoms with Gasteiger partial charge in [-0.3, -0.25) is 14.4 Å². The van der Waals surface area contributed by atoms with E-state index in [4.69, 9.17) is 5.11 Å². The summed E-state index contributed by atoms with van der Waals surface area (Å²) in [7, 11) is 0. The predicted octanol–water partition coefficient (Wildman–Crippen LogP) is 1.67. The van der Waals surface area contributed by atoms with Crippen molar-refractivity contribution >= 4 is 52.1 Å². The Morgan fingerprint density at radius 2 is 1.40 bits per heavy atom. The lowest BCUT2D eigenvalue weighted by Crippen LogP contribution is -2.20. The summed E-state index contributed by atoms with van der Waals surface area (Å²) in [5.41, 5.74) is 0. The van der Waals surface area contributed by atoms with Gasteiger partial charge in [-0.25, -0.2) is 0 Å². The Labute approximate surface area is 103 Å². The first kappa shape index (κ1) is 17.2. The van der Waals surface area contributed by atoms with Crippen molar-refractivity contribution in [2.45, 2.75) is 13.8 Å². The maximum absolute atomic E-state index is 10.7. The van der Waals surface area contributed by atoms with Crippen LogP contribution in [0.25, 0.3) is 0 Å². The molecule has 1 N–H and O–H groups in total. The highest BCUT2D eigenvalue weighted by Crippen LogP contribution is 2.15. The molecule has 0 unspecified atom stereocenters. The number of hydrogen-bond acceptors (Lipinski definition) is 5. The quantitative estimate of drug-likeness (QED) is 0.821. The van der Waals surface area contributed by atoms with Crippen molar-refractivity contribution in [1.29, 1.82) is 0 Å². The highest BCUT2D eigenvalue weighted by atomic mass is 35.5. The largest absolute Gasteiger partial charge is 0.481 e. The second kappa shape index (κ2) is 9.06. The molecule has 0 bridgehead atoms. The van der Waals surface area contributed by atoms with E-state index in [-0.39, 0.29) is 34.1 Å². The lowest BCUT2D eigenvalue weighted by atomic mass is 10.2. The van der Waals surface area contributed by atoms with Crippen LogP contribution in [-0.2, 0) is 14.4 Å². The minimum absolute atomic E-state index is 0. The summed E-state index contributed by atoms with van der Waals surface area (Å²) in [4.78, 5) is 31.9. The fraction of sp³-hybridized carbons (Fsp3) is 0.625. The molecule has 4 nitrogen and oxygen atoms in total. The SMILES string of the molecule is CC(=O)SCC(CSC(C)=O)C(=O)O.Cl. The third-order valence-electron chi connectivity index (χ3n) is 1.32. The zero-order chi connectivity index (χ0) is 11.1. The maximum Gasteiger partial charge on any atom is 0.308 e. The van der Waals surface area contributed by atoms with Gasteiger partial charge in [-0.2, -0.15) is 0 Å². The molecule has 0 aliphatic carbocycles. The molecule has 0 atom stereocenters. The highest BCUT2D eigenvalue weighted by molar-refractivity contribution is 8.14. The van der Waals surface area contributed by atoms with Crippen LogP contribution in [-0.4, -0.2) is 32.8 Å². The number of aliphatic carboxylic acids is 1. The molecule has 0 radical (unpaired) electrons. The normalized spacial score (nSPS) is 9.53. The Morgan fingerprint density at radius 3 is 1.60 bits per heavy atom. The van der Waals surface area contributed by atoms with Gasteiger partial charge in [0.2, 0.25) is 0 Å². The van der Waals surface area contributed by atoms with Gasteiger partial charge in [0.25, 0.3) is 0 Å². The van der Waals surface area contributed by atoms with Gasteiger partial charge in [0.15, 0.2) is 10.2 Å². The maximum atomic E-state index is 10.7. The number of hydrogen-bond donors (Lipinski definition) is 1. The van der Waals surface area contributed by atoms with Crippen LogP contribution >= 0.6 is 35.9 Å². The number of halogens is 1. The van der Waals surface area contributed by atoms with E-state index < -0.39 is 11.9 Å². The summed E-state index contributed by atoms with van der Waals surface area (Å²) in [6.45, 7) is 2.78. The molecule has 0 saturated carbocycles. The molecule has 0 fully saturated rings. The highest BCUT2D eigenvalue weighted by Gasteiger charge is 2.19. The molecule has 0 aliphatic heterocycles. The first-order valence-corrected chi connectivity index (χ1v) is 5.90. The van der Waals surface area contributed by atoms with Crippen LogP contribution < -0.4 is 0 Å². The van der Waals surface area contributed by atoms with Crippen LogP contribution in [0.2, 0.25) is 0 Å². The third-order valence-corrected chi connectivity index (χ3v) is 3.28. The second-order valence-corrected chi connectivity index (χ2v) is 5.03. The van der Waals surface area contributed by atoms with E-state index in [0.717, 1.165) is 23.5 Å². The van der Waals surface area contributed by atoms with E-state index in [2.05, 4.69) is 0 Å². The van der Waals surface area contributed by atoms with Crippen molar-refractivity contribution < 1.29 is 19.5 Å². The molecule has 0 saturated heterocycles. The van der Waals surface area contributed by atoms with Gasteiger partial charge in [-0.15, -0.1) is 12.4 Å². The summed E-state index contributed by atoms with van der Waals surface area (Å²) < 4.78 is 0. The molecule has 0 rings (SSSR count). The Balaban J connectivity index is 0. The molecule has 7 heteroatoms. The van der Waals surface area contributed by atoms with Crippen molar-refractivity contribution in [3.63, 3.8) is 0 Å². The van der Waals surface area contributed by atoms with E-state index in [1.807, 2.05) is 0 Å². The Morgan fingerprint density at radius 1 is 1.07 bits per heavy atom. The van der Waals surface area contributed by atoms with Crippen molar-refractivity contribution in [2.75, 3.05) is 11.5 Å². The van der Waals surface area contributed by atoms with Crippen LogP contribution in [0.4, 0.5) is 0 Å². The number of carbonyl (C=O) groups excluding carboxylic acids is 2. The first-order valence-electron chi connectivity index (χ1n) is 3.93. The van der Waals surface area contributed by atoms with Gasteiger partial charge in [0, 0.05) is 25.4 Å². The standard InChI is InChI=1S/C8H12O4S2.ClH/c1-5(9)13-3-7(8(11)12)4-14-6(2)10;/h7H,3-4H2,1-2H3,(H,11,12);1H. The fourth-order valence-corrected chi connectivity index (χ4v) is 2.17. The molecular formula is C8H13ClO4S2. The Hall–Kier alpha value is -0.200. The van der Waals surface area contributed by atoms with Crippen LogP contribution in [0, 0.1) is 5.92 Å². The molecule has 15 heavy (non-hydrogen) atoms. The number of rotatable bonds is 5. The third kappa shape index (κ3) is 10.1. The summed E-state index contributed by atoms with van der Waals surface area (Å²) in [5, 5.41) is 8.54. The predicted molar refractivity (Wildman–Crippen MR) is 64.7 cm³/mol. The number of carboxylic acid groups (broad SMARTS) is 1. The minimum Gasteiger partial charge on any atom is -0.481 e. The van der Waals surface area contributed by atoms with Gasteiger partial charge in [0.05, 0.1) is 5.92 Å². The molecule has 0 spiro atoms. The van der Waals surface area contributed by atoms with Gasteiger partial charge >= 0.3 is 5.97 Å². The number of carboxylic acids is 1. The zero-order valence-corrected chi connectivity index (χ0v) is 10.8. The van der Waals surface area contributed by atoms with E-state index in [0.29, 0.717) is 0 Å². The van der Waals surface area contributed by atoms with Gasteiger partial charge in [-0.1, -0.05) is 23.5 Å². The van der Waals surface area contributed by atoms with Crippen molar-refractivity contribution in [2.24, 2.45) is 5.92 Å². The molecule has 0 aromatic carbocycles. The molecule has 0 aromatic rings.